The summed E-state index contributed by atoms with van der Waals surface area (Å²) in [6, 6.07) is 30.0. The lowest BCUT2D eigenvalue weighted by Gasteiger charge is -2.36. The van der Waals surface area contributed by atoms with E-state index >= 15 is 0 Å². The summed E-state index contributed by atoms with van der Waals surface area (Å²) >= 11 is 1.62. The van der Waals surface area contributed by atoms with Gasteiger partial charge in [0.2, 0.25) is 0 Å². The Labute approximate surface area is 164 Å². The van der Waals surface area contributed by atoms with Crippen molar-refractivity contribution in [2.45, 2.75) is 11.6 Å². The molecule has 0 bridgehead atoms. The van der Waals surface area contributed by atoms with Crippen LogP contribution in [0.1, 0.15) is 22.7 Å². The minimum atomic E-state index is -0.892. The molecular weight excluding hydrogens is 354 g/mol. The molecule has 0 saturated carbocycles. The summed E-state index contributed by atoms with van der Waals surface area (Å²) < 4.78 is 6.23. The number of nitrogens with zero attached hydrogens (tertiary/aromatic N) is 1. The number of ether oxygens (including phenoxy) is 1. The van der Waals surface area contributed by atoms with Gasteiger partial charge in [-0.1, -0.05) is 91.0 Å². The van der Waals surface area contributed by atoms with Gasteiger partial charge in [-0.05, 0) is 11.8 Å². The fourth-order valence-electron chi connectivity index (χ4n) is 3.87. The molecular formula is C23H21NO2S. The van der Waals surface area contributed by atoms with Gasteiger partial charge in [0.05, 0.1) is 5.88 Å². The third-order valence-electron chi connectivity index (χ3n) is 4.97. The zero-order valence-corrected chi connectivity index (χ0v) is 15.9. The molecule has 1 heterocycles. The van der Waals surface area contributed by atoms with E-state index in [1.165, 1.54) is 0 Å². The molecule has 27 heavy (non-hydrogen) atoms. The molecule has 1 aliphatic rings. The van der Waals surface area contributed by atoms with Gasteiger partial charge < -0.3 is 4.74 Å². The summed E-state index contributed by atoms with van der Waals surface area (Å²) in [6.45, 7) is 0. The van der Waals surface area contributed by atoms with Crippen LogP contribution >= 0.6 is 11.8 Å². The molecule has 0 radical (unpaired) electrons. The van der Waals surface area contributed by atoms with Crippen LogP contribution < -0.4 is 0 Å². The van der Waals surface area contributed by atoms with Crippen molar-refractivity contribution in [3.05, 3.63) is 108 Å². The Bertz CT molecular complexity index is 860. The van der Waals surface area contributed by atoms with E-state index in [1.54, 1.807) is 11.8 Å². The average molecular weight is 375 g/mol. The van der Waals surface area contributed by atoms with E-state index in [2.05, 4.69) is 12.1 Å². The first-order valence-corrected chi connectivity index (χ1v) is 10.3. The third kappa shape index (κ3) is 3.00. The Hall–Kier alpha value is -2.72. The highest BCUT2D eigenvalue weighted by molar-refractivity contribution is 7.98. The second-order valence-corrected chi connectivity index (χ2v) is 7.37. The molecule has 3 nitrogen and oxygen atoms in total. The van der Waals surface area contributed by atoms with Crippen LogP contribution in [0.5, 0.6) is 0 Å². The number of carbonyl (C=O) groups is 1. The van der Waals surface area contributed by atoms with Crippen molar-refractivity contribution in [1.29, 1.82) is 0 Å². The Kier molecular flexibility index (Phi) is 4.90. The van der Waals surface area contributed by atoms with Gasteiger partial charge in [0.1, 0.15) is 6.04 Å². The van der Waals surface area contributed by atoms with Crippen LogP contribution in [0.25, 0.3) is 0 Å². The van der Waals surface area contributed by atoms with Crippen molar-refractivity contribution in [1.82, 2.24) is 4.90 Å². The summed E-state index contributed by atoms with van der Waals surface area (Å²) in [5, 5.41) is 0. The number of carbonyl (C=O) groups excluding carboxylic acids is 1. The fraction of sp³-hybridized carbons (Fsp3) is 0.174. The molecule has 136 valence electrons. The molecule has 0 aromatic heterocycles. The van der Waals surface area contributed by atoms with E-state index in [1.807, 2.05) is 90.0 Å². The lowest BCUT2D eigenvalue weighted by molar-refractivity contribution is 0.0675. The molecule has 0 N–H and O–H groups in total. The number of amides is 1. The maximum atomic E-state index is 13.0. The Balaban J connectivity index is 1.99. The van der Waals surface area contributed by atoms with Crippen LogP contribution in [0.3, 0.4) is 0 Å². The first kappa shape index (κ1) is 17.7. The molecule has 3 aromatic carbocycles. The lowest BCUT2D eigenvalue weighted by Crippen LogP contribution is -2.37. The highest BCUT2D eigenvalue weighted by atomic mass is 32.2. The topological polar surface area (TPSA) is 29.5 Å². The van der Waals surface area contributed by atoms with Gasteiger partial charge in [-0.3, -0.25) is 4.90 Å². The molecule has 1 aliphatic heterocycles. The van der Waals surface area contributed by atoms with Gasteiger partial charge in [-0.25, -0.2) is 4.79 Å². The van der Waals surface area contributed by atoms with Crippen molar-refractivity contribution < 1.29 is 9.53 Å². The minimum absolute atomic E-state index is 0.247. The molecule has 1 saturated heterocycles. The van der Waals surface area contributed by atoms with Crippen LogP contribution in [0.4, 0.5) is 4.79 Å². The van der Waals surface area contributed by atoms with E-state index in [0.29, 0.717) is 5.88 Å². The highest BCUT2D eigenvalue weighted by Gasteiger charge is 2.56. The molecule has 1 amide bonds. The second-order valence-electron chi connectivity index (χ2n) is 6.54. The fourth-order valence-corrected chi connectivity index (χ4v) is 4.40. The predicted molar refractivity (Wildman–Crippen MR) is 110 cm³/mol. The van der Waals surface area contributed by atoms with Crippen molar-refractivity contribution >= 4 is 17.9 Å². The number of hydrogen-bond donors (Lipinski definition) is 0. The third-order valence-corrected chi connectivity index (χ3v) is 5.50. The molecule has 0 aliphatic carbocycles. The van der Waals surface area contributed by atoms with Crippen molar-refractivity contribution in [2.75, 3.05) is 12.1 Å². The van der Waals surface area contributed by atoms with Gasteiger partial charge in [0, 0.05) is 11.1 Å². The van der Waals surface area contributed by atoms with Crippen LogP contribution in [0.15, 0.2) is 91.0 Å². The van der Waals surface area contributed by atoms with E-state index in [9.17, 15) is 4.79 Å². The van der Waals surface area contributed by atoms with Crippen LogP contribution in [-0.4, -0.2) is 23.1 Å². The zero-order valence-electron chi connectivity index (χ0n) is 15.1. The van der Waals surface area contributed by atoms with Gasteiger partial charge in [-0.15, -0.1) is 11.8 Å². The summed E-state index contributed by atoms with van der Waals surface area (Å²) in [5.74, 6) is 0.569. The summed E-state index contributed by atoms with van der Waals surface area (Å²) in [4.78, 5) is 14.8. The Morgan fingerprint density at radius 3 is 1.81 bits per heavy atom. The highest BCUT2D eigenvalue weighted by Crippen LogP contribution is 2.52. The minimum Gasteiger partial charge on any atom is -0.430 e. The van der Waals surface area contributed by atoms with Crippen LogP contribution in [0.2, 0.25) is 0 Å². The van der Waals surface area contributed by atoms with Crippen LogP contribution in [0, 0.1) is 0 Å². The number of hydrogen-bond acceptors (Lipinski definition) is 3. The van der Waals surface area contributed by atoms with E-state index in [4.69, 9.17) is 4.74 Å². The second kappa shape index (κ2) is 7.49. The van der Waals surface area contributed by atoms with E-state index in [-0.39, 0.29) is 12.1 Å². The summed E-state index contributed by atoms with van der Waals surface area (Å²) in [6.07, 6.45) is 1.71. The molecule has 3 aromatic rings. The van der Waals surface area contributed by atoms with Gasteiger partial charge in [0.25, 0.3) is 0 Å². The van der Waals surface area contributed by atoms with E-state index in [0.717, 1.165) is 16.7 Å². The summed E-state index contributed by atoms with van der Waals surface area (Å²) in [5.41, 5.74) is 2.12. The molecule has 0 unspecified atom stereocenters. The maximum Gasteiger partial charge on any atom is 0.412 e. The van der Waals surface area contributed by atoms with Crippen molar-refractivity contribution in [3.8, 4) is 0 Å². The molecule has 1 atom stereocenters. The average Bonchev–Trinajstić information content (AvgIpc) is 3.03. The normalized spacial score (nSPS) is 18.3. The first-order valence-electron chi connectivity index (χ1n) is 8.92. The standard InChI is InChI=1S/C23H21NO2S/c1-27-17-24-21(18-11-5-2-6-12-18)23(26-22(24)25,19-13-7-3-8-14-19)20-15-9-4-10-16-20/h2-16,21H,17H2,1H3/t21-/m1/s1. The molecule has 4 heteroatoms. The van der Waals surface area contributed by atoms with Gasteiger partial charge in [-0.2, -0.15) is 0 Å². The SMILES string of the molecule is CSCN1C(=O)OC(c2ccccc2)(c2ccccc2)[C@H]1c1ccccc1. The zero-order chi connectivity index (χ0) is 18.7. The van der Waals surface area contributed by atoms with Crippen molar-refractivity contribution in [2.24, 2.45) is 0 Å². The largest absolute Gasteiger partial charge is 0.430 e. The van der Waals surface area contributed by atoms with Gasteiger partial charge in [0.15, 0.2) is 5.60 Å². The molecule has 1 fully saturated rings. The smallest absolute Gasteiger partial charge is 0.412 e. The lowest BCUT2D eigenvalue weighted by atomic mass is 9.77. The number of cyclic esters (lactones) is 1. The number of thioether (sulfide) groups is 1. The Morgan fingerprint density at radius 1 is 0.852 bits per heavy atom. The molecule has 0 spiro atoms. The number of benzene rings is 3. The summed E-state index contributed by atoms with van der Waals surface area (Å²) in [7, 11) is 0. The predicted octanol–water partition coefficient (Wildman–Crippen LogP) is 5.44. The van der Waals surface area contributed by atoms with Crippen LogP contribution in [-0.2, 0) is 10.3 Å². The van der Waals surface area contributed by atoms with E-state index < -0.39 is 5.60 Å². The first-order chi connectivity index (χ1) is 13.3. The van der Waals surface area contributed by atoms with Gasteiger partial charge >= 0.3 is 6.09 Å². The maximum absolute atomic E-state index is 13.0. The monoisotopic (exact) mass is 375 g/mol. The Morgan fingerprint density at radius 2 is 1.33 bits per heavy atom. The quantitative estimate of drug-likeness (QED) is 0.594. The molecule has 4 rings (SSSR count). The number of rotatable bonds is 5. The van der Waals surface area contributed by atoms with Crippen molar-refractivity contribution in [3.63, 3.8) is 0 Å².